The summed E-state index contributed by atoms with van der Waals surface area (Å²) in [5, 5.41) is 9.84. The molecule has 0 aliphatic carbocycles. The zero-order chi connectivity index (χ0) is 18.1. The molecule has 0 spiro atoms. The fourth-order valence-corrected chi connectivity index (χ4v) is 3.42. The van der Waals surface area contributed by atoms with Crippen molar-refractivity contribution in [3.05, 3.63) is 35.1 Å². The van der Waals surface area contributed by atoms with Crippen LogP contribution in [0, 0.1) is 13.8 Å². The van der Waals surface area contributed by atoms with Crippen molar-refractivity contribution in [2.24, 2.45) is 0 Å². The highest BCUT2D eigenvalue weighted by molar-refractivity contribution is 5.96. The van der Waals surface area contributed by atoms with Crippen LogP contribution in [-0.2, 0) is 4.79 Å². The van der Waals surface area contributed by atoms with Crippen molar-refractivity contribution in [1.29, 1.82) is 0 Å². The predicted molar refractivity (Wildman–Crippen MR) is 94.9 cm³/mol. The van der Waals surface area contributed by atoms with Gasteiger partial charge in [-0.1, -0.05) is 0 Å². The maximum absolute atomic E-state index is 12.7. The molecule has 0 unspecified atom stereocenters. The number of nitrogens with zero attached hydrogens (tertiary/aromatic N) is 2. The smallest absolute Gasteiger partial charge is 0.317 e. The molecule has 134 valence electrons. The van der Waals surface area contributed by atoms with Gasteiger partial charge in [0.2, 0.25) is 0 Å². The molecule has 0 radical (unpaired) electrons. The summed E-state index contributed by atoms with van der Waals surface area (Å²) in [7, 11) is 1.82. The Morgan fingerprint density at radius 1 is 1.20 bits per heavy atom. The van der Waals surface area contributed by atoms with Crippen LogP contribution >= 0.6 is 0 Å². The van der Waals surface area contributed by atoms with E-state index in [1.165, 1.54) is 5.56 Å². The largest absolute Gasteiger partial charge is 0.480 e. The Balaban J connectivity index is 1.67. The number of amides is 1. The van der Waals surface area contributed by atoms with Crippen LogP contribution in [0.1, 0.15) is 34.5 Å². The first kappa shape index (κ1) is 17.5. The number of carboxylic acid groups (broad SMARTS) is 1. The lowest BCUT2D eigenvalue weighted by atomic mass is 10.0. The lowest BCUT2D eigenvalue weighted by Crippen LogP contribution is -2.46. The predicted octanol–water partition coefficient (Wildman–Crippen LogP) is 2.67. The summed E-state index contributed by atoms with van der Waals surface area (Å²) in [5.74, 6) is -0.544. The Bertz CT molecular complexity index is 764. The minimum absolute atomic E-state index is 0.0287. The summed E-state index contributed by atoms with van der Waals surface area (Å²) in [6.07, 6.45) is 1.54. The monoisotopic (exact) mass is 344 g/mol. The molecule has 6 heteroatoms. The van der Waals surface area contributed by atoms with E-state index in [4.69, 9.17) is 9.52 Å². The van der Waals surface area contributed by atoms with Crippen LogP contribution < -0.4 is 0 Å². The topological polar surface area (TPSA) is 74.0 Å². The molecule has 1 aliphatic rings. The molecule has 2 aromatic rings. The van der Waals surface area contributed by atoms with Crippen LogP contribution in [-0.4, -0.2) is 59.5 Å². The molecule has 3 rings (SSSR count). The first-order chi connectivity index (χ1) is 11.8. The average Bonchev–Trinajstić information content (AvgIpc) is 2.97. The van der Waals surface area contributed by atoms with E-state index in [-0.39, 0.29) is 18.5 Å². The van der Waals surface area contributed by atoms with Crippen LogP contribution in [0.2, 0.25) is 0 Å². The van der Waals surface area contributed by atoms with E-state index in [1.807, 2.05) is 44.0 Å². The maximum atomic E-state index is 12.7. The number of carbonyl (C=O) groups excluding carboxylic acids is 1. The molecule has 0 bridgehead atoms. The van der Waals surface area contributed by atoms with Crippen molar-refractivity contribution in [3.63, 3.8) is 0 Å². The van der Waals surface area contributed by atoms with Gasteiger partial charge < -0.3 is 14.4 Å². The number of hydrogen-bond acceptors (Lipinski definition) is 4. The van der Waals surface area contributed by atoms with E-state index < -0.39 is 5.97 Å². The molecule has 1 saturated heterocycles. The number of carbonyl (C=O) groups is 2. The van der Waals surface area contributed by atoms with Gasteiger partial charge in [-0.15, -0.1) is 0 Å². The molecule has 6 nitrogen and oxygen atoms in total. The second-order valence-electron chi connectivity index (χ2n) is 6.92. The van der Waals surface area contributed by atoms with Crippen LogP contribution in [0.3, 0.4) is 0 Å². The zero-order valence-corrected chi connectivity index (χ0v) is 14.9. The first-order valence-electron chi connectivity index (χ1n) is 8.57. The fraction of sp³-hybridized carbons (Fsp3) is 0.474. The number of aliphatic carboxylic acids is 1. The van der Waals surface area contributed by atoms with Gasteiger partial charge in [-0.2, -0.15) is 0 Å². The highest BCUT2D eigenvalue weighted by Gasteiger charge is 2.28. The Labute approximate surface area is 147 Å². The summed E-state index contributed by atoms with van der Waals surface area (Å²) in [4.78, 5) is 27.2. The van der Waals surface area contributed by atoms with Crippen LogP contribution in [0.5, 0.6) is 0 Å². The maximum Gasteiger partial charge on any atom is 0.317 e. The van der Waals surface area contributed by atoms with Crippen molar-refractivity contribution >= 4 is 22.8 Å². The third kappa shape index (κ3) is 3.69. The van der Waals surface area contributed by atoms with Gasteiger partial charge in [0.05, 0.1) is 6.54 Å². The van der Waals surface area contributed by atoms with Crippen LogP contribution in [0.15, 0.2) is 22.6 Å². The lowest BCUT2D eigenvalue weighted by Gasteiger charge is -2.35. The van der Waals surface area contributed by atoms with Gasteiger partial charge in [-0.3, -0.25) is 14.5 Å². The molecule has 2 heterocycles. The number of likely N-dealkylation sites (N-methyl/N-ethyl adjacent to an activating group) is 1. The van der Waals surface area contributed by atoms with Gasteiger partial charge in [0.25, 0.3) is 5.91 Å². The average molecular weight is 344 g/mol. The van der Waals surface area contributed by atoms with Crippen LogP contribution in [0.4, 0.5) is 0 Å². The number of likely N-dealkylation sites (tertiary alicyclic amines) is 1. The SMILES string of the molecule is Cc1cc2cc(C(=O)N3CCC(N(C)CC(=O)O)CC3)oc2cc1C. The molecule has 0 atom stereocenters. The molecule has 0 saturated carbocycles. The molecule has 25 heavy (non-hydrogen) atoms. The highest BCUT2D eigenvalue weighted by Crippen LogP contribution is 2.25. The van der Waals surface area contributed by atoms with Crippen molar-refractivity contribution < 1.29 is 19.1 Å². The second kappa shape index (κ2) is 6.88. The number of benzene rings is 1. The van der Waals surface area contributed by atoms with Crippen molar-refractivity contribution in [1.82, 2.24) is 9.80 Å². The number of aryl methyl sites for hydroxylation is 2. The minimum Gasteiger partial charge on any atom is -0.480 e. The minimum atomic E-state index is -0.825. The summed E-state index contributed by atoms with van der Waals surface area (Å²) < 4.78 is 5.77. The first-order valence-corrected chi connectivity index (χ1v) is 8.57. The van der Waals surface area contributed by atoms with Crippen LogP contribution in [0.25, 0.3) is 11.0 Å². The van der Waals surface area contributed by atoms with Gasteiger partial charge in [0.15, 0.2) is 5.76 Å². The van der Waals surface area contributed by atoms with Gasteiger partial charge >= 0.3 is 5.97 Å². The number of furan rings is 1. The summed E-state index contributed by atoms with van der Waals surface area (Å²) in [5.41, 5.74) is 3.06. The third-order valence-electron chi connectivity index (χ3n) is 5.10. The fourth-order valence-electron chi connectivity index (χ4n) is 3.42. The van der Waals surface area contributed by atoms with Crippen molar-refractivity contribution in [3.8, 4) is 0 Å². The number of hydrogen-bond donors (Lipinski definition) is 1. The molecular formula is C19H24N2O4. The molecule has 1 aromatic heterocycles. The normalized spacial score (nSPS) is 15.9. The Kier molecular flexibility index (Phi) is 4.81. The standard InChI is InChI=1S/C19H24N2O4/c1-12-8-14-10-17(25-16(14)9-13(12)2)19(24)21-6-4-15(5-7-21)20(3)11-18(22)23/h8-10,15H,4-7,11H2,1-3H3,(H,22,23). The molecule has 1 aliphatic heterocycles. The Morgan fingerprint density at radius 3 is 2.48 bits per heavy atom. The second-order valence-corrected chi connectivity index (χ2v) is 6.92. The molecule has 1 N–H and O–H groups in total. The number of rotatable bonds is 4. The summed E-state index contributed by atoms with van der Waals surface area (Å²) >= 11 is 0. The summed E-state index contributed by atoms with van der Waals surface area (Å²) in [6, 6.07) is 6.01. The zero-order valence-electron chi connectivity index (χ0n) is 14.9. The number of piperidine rings is 1. The van der Waals surface area contributed by atoms with E-state index in [0.29, 0.717) is 18.8 Å². The van der Waals surface area contributed by atoms with Gasteiger partial charge in [-0.25, -0.2) is 0 Å². The van der Waals surface area contributed by atoms with E-state index in [1.54, 1.807) is 4.90 Å². The number of carboxylic acids is 1. The van der Waals surface area contributed by atoms with E-state index in [2.05, 4.69) is 0 Å². The quantitative estimate of drug-likeness (QED) is 0.923. The highest BCUT2D eigenvalue weighted by atomic mass is 16.4. The van der Waals surface area contributed by atoms with E-state index in [9.17, 15) is 9.59 Å². The van der Waals surface area contributed by atoms with Crippen molar-refractivity contribution in [2.45, 2.75) is 32.7 Å². The molecule has 1 aromatic carbocycles. The molecule has 1 fully saturated rings. The van der Waals surface area contributed by atoms with Gasteiger partial charge in [0, 0.05) is 24.5 Å². The molecular weight excluding hydrogens is 320 g/mol. The van der Waals surface area contributed by atoms with Gasteiger partial charge in [0.1, 0.15) is 5.58 Å². The van der Waals surface area contributed by atoms with Gasteiger partial charge in [-0.05, 0) is 63.1 Å². The molecule has 1 amide bonds. The Hall–Kier alpha value is -2.34. The van der Waals surface area contributed by atoms with E-state index >= 15 is 0 Å². The lowest BCUT2D eigenvalue weighted by molar-refractivity contribution is -0.138. The van der Waals surface area contributed by atoms with Crippen molar-refractivity contribution in [2.75, 3.05) is 26.7 Å². The summed E-state index contributed by atoms with van der Waals surface area (Å²) in [6.45, 7) is 5.32. The number of fused-ring (bicyclic) bond motifs is 1. The Morgan fingerprint density at radius 2 is 1.84 bits per heavy atom. The third-order valence-corrected chi connectivity index (χ3v) is 5.10. The van der Waals surface area contributed by atoms with E-state index in [0.717, 1.165) is 29.4 Å².